The van der Waals surface area contributed by atoms with Crippen LogP contribution in [0.15, 0.2) is 0 Å². The van der Waals surface area contributed by atoms with Crippen LogP contribution in [0.25, 0.3) is 0 Å². The predicted molar refractivity (Wildman–Crippen MR) is 61.2 cm³/mol. The van der Waals surface area contributed by atoms with E-state index < -0.39 is 0 Å². The summed E-state index contributed by atoms with van der Waals surface area (Å²) in [4.78, 5) is 11.5. The maximum atomic E-state index is 11.5. The van der Waals surface area contributed by atoms with E-state index in [-0.39, 0.29) is 11.9 Å². The van der Waals surface area contributed by atoms with Gasteiger partial charge in [-0.05, 0) is 25.7 Å². The van der Waals surface area contributed by atoms with Gasteiger partial charge in [0.25, 0.3) is 0 Å². The Morgan fingerprint density at radius 1 is 1.60 bits per heavy atom. The molecule has 3 unspecified atom stereocenters. The Morgan fingerprint density at radius 3 is 2.87 bits per heavy atom. The Kier molecular flexibility index (Phi) is 4.64. The van der Waals surface area contributed by atoms with Crippen LogP contribution >= 0.6 is 0 Å². The van der Waals surface area contributed by atoms with Gasteiger partial charge in [-0.3, -0.25) is 4.79 Å². The molecule has 1 aliphatic rings. The Hall–Kier alpha value is -1.01. The Balaban J connectivity index is 2.31. The average molecular weight is 208 g/mol. The lowest BCUT2D eigenvalue weighted by Crippen LogP contribution is -2.47. The lowest BCUT2D eigenvalue weighted by Gasteiger charge is -2.21. The number of hydrogen-bond acceptors (Lipinski definition) is 2. The quantitative estimate of drug-likeness (QED) is 0.674. The summed E-state index contributed by atoms with van der Waals surface area (Å²) in [6.07, 6.45) is 8.77. The minimum absolute atomic E-state index is 0.00736. The number of hydrogen-bond donors (Lipinski definition) is 2. The van der Waals surface area contributed by atoms with Crippen molar-refractivity contribution in [2.75, 3.05) is 6.54 Å². The molecule has 3 atom stereocenters. The van der Waals surface area contributed by atoms with Gasteiger partial charge in [0, 0.05) is 6.04 Å². The summed E-state index contributed by atoms with van der Waals surface area (Å²) >= 11 is 0. The van der Waals surface area contributed by atoms with Crippen LogP contribution in [0, 0.1) is 18.3 Å². The minimum Gasteiger partial charge on any atom is -0.344 e. The smallest absolute Gasteiger partial charge is 0.237 e. The van der Waals surface area contributed by atoms with Crippen molar-refractivity contribution in [3.8, 4) is 12.3 Å². The van der Waals surface area contributed by atoms with Crippen molar-refractivity contribution < 1.29 is 4.79 Å². The maximum Gasteiger partial charge on any atom is 0.237 e. The van der Waals surface area contributed by atoms with Gasteiger partial charge in [0.1, 0.15) is 0 Å². The molecule has 15 heavy (non-hydrogen) atoms. The minimum atomic E-state index is -0.149. The van der Waals surface area contributed by atoms with E-state index in [9.17, 15) is 4.79 Å². The molecule has 1 aliphatic carbocycles. The molecular weight excluding hydrogens is 188 g/mol. The zero-order valence-corrected chi connectivity index (χ0v) is 9.55. The maximum absolute atomic E-state index is 11.5. The summed E-state index contributed by atoms with van der Waals surface area (Å²) in [5, 5.41) is 6.04. The van der Waals surface area contributed by atoms with Crippen molar-refractivity contribution in [3.05, 3.63) is 0 Å². The van der Waals surface area contributed by atoms with Crippen LogP contribution in [-0.4, -0.2) is 24.5 Å². The van der Waals surface area contributed by atoms with E-state index in [0.29, 0.717) is 18.5 Å². The third kappa shape index (κ3) is 3.56. The number of amides is 1. The Bertz CT molecular complexity index is 257. The Morgan fingerprint density at radius 2 is 2.33 bits per heavy atom. The largest absolute Gasteiger partial charge is 0.344 e. The lowest BCUT2D eigenvalue weighted by atomic mass is 10.1. The number of rotatable bonds is 4. The van der Waals surface area contributed by atoms with Gasteiger partial charge in [-0.1, -0.05) is 19.3 Å². The van der Waals surface area contributed by atoms with Gasteiger partial charge in [-0.25, -0.2) is 0 Å². The molecule has 1 fully saturated rings. The fourth-order valence-electron chi connectivity index (χ4n) is 2.08. The van der Waals surface area contributed by atoms with Crippen LogP contribution in [-0.2, 0) is 4.79 Å². The third-order valence-corrected chi connectivity index (χ3v) is 3.08. The molecule has 1 amide bonds. The second-order valence-corrected chi connectivity index (χ2v) is 4.32. The van der Waals surface area contributed by atoms with E-state index in [0.717, 1.165) is 0 Å². The second-order valence-electron chi connectivity index (χ2n) is 4.32. The first-order valence-corrected chi connectivity index (χ1v) is 5.62. The SMILES string of the molecule is C#CCNC(=O)C(C)NC1CCCC1C. The fourth-order valence-corrected chi connectivity index (χ4v) is 2.08. The number of carbonyl (C=O) groups excluding carboxylic acids is 1. The van der Waals surface area contributed by atoms with Crippen LogP contribution < -0.4 is 10.6 Å². The normalized spacial score (nSPS) is 27.0. The number of nitrogens with one attached hydrogen (secondary N) is 2. The van der Waals surface area contributed by atoms with Crippen molar-refractivity contribution in [2.45, 2.75) is 45.2 Å². The van der Waals surface area contributed by atoms with Crippen LogP contribution in [0.5, 0.6) is 0 Å². The van der Waals surface area contributed by atoms with E-state index in [1.54, 1.807) is 0 Å². The zero-order chi connectivity index (χ0) is 11.3. The van der Waals surface area contributed by atoms with Gasteiger partial charge >= 0.3 is 0 Å². The lowest BCUT2D eigenvalue weighted by molar-refractivity contribution is -0.122. The average Bonchev–Trinajstić information content (AvgIpc) is 2.61. The molecule has 0 aromatic carbocycles. The molecule has 0 heterocycles. The van der Waals surface area contributed by atoms with Crippen molar-refractivity contribution >= 4 is 5.91 Å². The van der Waals surface area contributed by atoms with Crippen molar-refractivity contribution in [1.82, 2.24) is 10.6 Å². The molecule has 3 nitrogen and oxygen atoms in total. The molecule has 0 saturated heterocycles. The van der Waals surface area contributed by atoms with E-state index in [1.807, 2.05) is 6.92 Å². The molecule has 3 heteroatoms. The van der Waals surface area contributed by atoms with E-state index in [4.69, 9.17) is 6.42 Å². The van der Waals surface area contributed by atoms with Crippen LogP contribution in [0.1, 0.15) is 33.1 Å². The first-order chi connectivity index (χ1) is 7.15. The van der Waals surface area contributed by atoms with Crippen molar-refractivity contribution in [2.24, 2.45) is 5.92 Å². The van der Waals surface area contributed by atoms with E-state index in [1.165, 1.54) is 19.3 Å². The van der Waals surface area contributed by atoms with Gasteiger partial charge < -0.3 is 10.6 Å². The molecule has 0 aromatic rings. The van der Waals surface area contributed by atoms with Gasteiger partial charge in [0.2, 0.25) is 5.91 Å². The molecular formula is C12H20N2O. The highest BCUT2D eigenvalue weighted by Gasteiger charge is 2.26. The number of carbonyl (C=O) groups is 1. The summed E-state index contributed by atoms with van der Waals surface area (Å²) in [5.74, 6) is 3.06. The monoisotopic (exact) mass is 208 g/mol. The highest BCUT2D eigenvalue weighted by atomic mass is 16.2. The second kappa shape index (κ2) is 5.77. The molecule has 1 rings (SSSR count). The summed E-state index contributed by atoms with van der Waals surface area (Å²) < 4.78 is 0. The first-order valence-electron chi connectivity index (χ1n) is 5.62. The molecule has 0 spiro atoms. The number of terminal acetylenes is 1. The first kappa shape index (κ1) is 12.1. The summed E-state index contributed by atoms with van der Waals surface area (Å²) in [6.45, 7) is 4.43. The topological polar surface area (TPSA) is 41.1 Å². The predicted octanol–water partition coefficient (Wildman–Crippen LogP) is 0.902. The Labute approximate surface area is 92.0 Å². The van der Waals surface area contributed by atoms with Crippen LogP contribution in [0.3, 0.4) is 0 Å². The third-order valence-electron chi connectivity index (χ3n) is 3.08. The fraction of sp³-hybridized carbons (Fsp3) is 0.750. The van der Waals surface area contributed by atoms with Gasteiger partial charge in [0.05, 0.1) is 12.6 Å². The van der Waals surface area contributed by atoms with Gasteiger partial charge in [-0.2, -0.15) is 0 Å². The molecule has 84 valence electrons. The molecule has 0 aliphatic heterocycles. The zero-order valence-electron chi connectivity index (χ0n) is 9.55. The van der Waals surface area contributed by atoms with E-state index in [2.05, 4.69) is 23.5 Å². The van der Waals surface area contributed by atoms with Crippen LogP contribution in [0.4, 0.5) is 0 Å². The summed E-state index contributed by atoms with van der Waals surface area (Å²) in [5.41, 5.74) is 0. The summed E-state index contributed by atoms with van der Waals surface area (Å²) in [7, 11) is 0. The summed E-state index contributed by atoms with van der Waals surface area (Å²) in [6, 6.07) is 0.334. The molecule has 1 saturated carbocycles. The standard InChI is InChI=1S/C12H20N2O/c1-4-8-13-12(15)10(3)14-11-7-5-6-9(11)2/h1,9-11,14H,5-8H2,2-3H3,(H,13,15). The van der Waals surface area contributed by atoms with Crippen molar-refractivity contribution in [1.29, 1.82) is 0 Å². The molecule has 2 N–H and O–H groups in total. The van der Waals surface area contributed by atoms with Gasteiger partial charge in [-0.15, -0.1) is 6.42 Å². The van der Waals surface area contributed by atoms with Gasteiger partial charge in [0.15, 0.2) is 0 Å². The highest BCUT2D eigenvalue weighted by molar-refractivity contribution is 5.81. The molecule has 0 aromatic heterocycles. The van der Waals surface area contributed by atoms with Crippen LogP contribution in [0.2, 0.25) is 0 Å². The molecule has 0 bridgehead atoms. The van der Waals surface area contributed by atoms with Crippen molar-refractivity contribution in [3.63, 3.8) is 0 Å². The van der Waals surface area contributed by atoms with E-state index >= 15 is 0 Å². The molecule has 0 radical (unpaired) electrons. The highest BCUT2D eigenvalue weighted by Crippen LogP contribution is 2.24.